The van der Waals surface area contributed by atoms with E-state index in [1.54, 1.807) is 17.0 Å². The first-order valence-corrected chi connectivity index (χ1v) is 26.0. The third-order valence-electron chi connectivity index (χ3n) is 11.8. The van der Waals surface area contributed by atoms with Gasteiger partial charge in [-0.3, -0.25) is 14.4 Å². The molecule has 0 atom stereocenters. The first-order valence-electron chi connectivity index (χ1n) is 26.0. The average molecular weight is 850 g/mol. The van der Waals surface area contributed by atoms with Gasteiger partial charge in [-0.2, -0.15) is 0 Å². The minimum Gasteiger partial charge on any atom is -0.464 e. The van der Waals surface area contributed by atoms with Crippen molar-refractivity contribution < 1.29 is 23.9 Å². The van der Waals surface area contributed by atoms with E-state index >= 15 is 0 Å². The van der Waals surface area contributed by atoms with Crippen molar-refractivity contribution in [3.63, 3.8) is 0 Å². The molecule has 0 bridgehead atoms. The molecule has 0 aliphatic heterocycles. The van der Waals surface area contributed by atoms with Gasteiger partial charge in [-0.05, 0) is 76.3 Å². The Morgan fingerprint density at radius 2 is 0.705 bits per heavy atom. The number of esters is 2. The summed E-state index contributed by atoms with van der Waals surface area (Å²) in [5, 5.41) is 0. The third-order valence-corrected chi connectivity index (χ3v) is 11.8. The fourth-order valence-electron chi connectivity index (χ4n) is 7.86. The summed E-state index contributed by atoms with van der Waals surface area (Å²) in [7, 11) is 0. The van der Waals surface area contributed by atoms with Gasteiger partial charge in [0.25, 0.3) is 5.91 Å². The predicted octanol–water partition coefficient (Wildman–Crippen LogP) is 16.4. The largest absolute Gasteiger partial charge is 0.464 e. The van der Waals surface area contributed by atoms with E-state index in [0.29, 0.717) is 18.4 Å². The molecule has 1 amide bonds. The average Bonchev–Trinajstić information content (AvgIpc) is 3.27. The van der Waals surface area contributed by atoms with Gasteiger partial charge in [0.05, 0.1) is 13.1 Å². The normalized spacial score (nSPS) is 11.5. The summed E-state index contributed by atoms with van der Waals surface area (Å²) in [4.78, 5) is 39.8. The molecule has 6 nitrogen and oxygen atoms in total. The monoisotopic (exact) mass is 850 g/mol. The molecule has 350 valence electrons. The summed E-state index contributed by atoms with van der Waals surface area (Å²) >= 11 is 0. The van der Waals surface area contributed by atoms with Gasteiger partial charge in [0.1, 0.15) is 13.2 Å². The van der Waals surface area contributed by atoms with E-state index in [2.05, 4.69) is 38.2 Å². The van der Waals surface area contributed by atoms with E-state index < -0.39 is 0 Å². The molecule has 0 aliphatic carbocycles. The fraction of sp³-hybridized carbons (Fsp3) is 0.764. The lowest BCUT2D eigenvalue weighted by molar-refractivity contribution is -0.144. The number of rotatable bonds is 45. The van der Waals surface area contributed by atoms with Gasteiger partial charge in [0.15, 0.2) is 0 Å². The van der Waals surface area contributed by atoms with E-state index in [1.165, 1.54) is 180 Å². The Balaban J connectivity index is 2.07. The van der Waals surface area contributed by atoms with E-state index in [9.17, 15) is 14.4 Å². The summed E-state index contributed by atoms with van der Waals surface area (Å²) < 4.78 is 11.0. The molecule has 0 saturated carbocycles. The fourth-order valence-corrected chi connectivity index (χ4v) is 7.86. The van der Waals surface area contributed by atoms with E-state index in [1.807, 2.05) is 18.2 Å². The predicted molar refractivity (Wildman–Crippen MR) is 260 cm³/mol. The standard InChI is InChI=1S/C55H95NO5/c1-3-5-7-9-11-13-15-17-19-21-23-25-27-29-31-33-35-37-42-46-53(57)60-50-48-56(55(59)52-44-40-39-41-45-52)49-51-61-54(58)47-43-38-36-34-32-30-28-26-24-22-20-18-16-14-12-10-8-6-4-2/h17-20,39-41,44-45H,3-16,21-38,42-43,46-51H2,1-2H3. The molecule has 0 aromatic heterocycles. The molecule has 1 aromatic rings. The second-order valence-corrected chi connectivity index (χ2v) is 17.6. The quantitative estimate of drug-likeness (QED) is 0.0371. The number of ether oxygens (including phenoxy) is 2. The Hall–Kier alpha value is -2.89. The zero-order valence-corrected chi connectivity index (χ0v) is 40.0. The lowest BCUT2D eigenvalue weighted by atomic mass is 10.1. The van der Waals surface area contributed by atoms with Crippen LogP contribution in [0.3, 0.4) is 0 Å². The van der Waals surface area contributed by atoms with Crippen molar-refractivity contribution in [1.29, 1.82) is 0 Å². The Kier molecular flexibility index (Phi) is 41.5. The van der Waals surface area contributed by atoms with E-state index in [0.717, 1.165) is 38.5 Å². The SMILES string of the molecule is CCCCCCCCC=CCCCCCCCCCCCC(=O)OCCN(CCOC(=O)CCCCCCCCCCCC=CCCCCCCCC)C(=O)c1ccccc1. The second-order valence-electron chi connectivity index (χ2n) is 17.6. The van der Waals surface area contributed by atoms with Crippen LogP contribution in [0.15, 0.2) is 54.6 Å². The van der Waals surface area contributed by atoms with Crippen LogP contribution in [0.2, 0.25) is 0 Å². The van der Waals surface area contributed by atoms with Crippen molar-refractivity contribution in [2.75, 3.05) is 26.3 Å². The molecule has 0 fully saturated rings. The van der Waals surface area contributed by atoms with Crippen LogP contribution in [0.4, 0.5) is 0 Å². The zero-order valence-electron chi connectivity index (χ0n) is 40.0. The number of hydrogen-bond acceptors (Lipinski definition) is 5. The molecule has 0 N–H and O–H groups in total. The van der Waals surface area contributed by atoms with Gasteiger partial charge in [-0.1, -0.05) is 210 Å². The van der Waals surface area contributed by atoms with Gasteiger partial charge < -0.3 is 14.4 Å². The Morgan fingerprint density at radius 3 is 1.03 bits per heavy atom. The topological polar surface area (TPSA) is 72.9 Å². The molecule has 0 unspecified atom stereocenters. The number of allylic oxidation sites excluding steroid dienone is 4. The summed E-state index contributed by atoms with van der Waals surface area (Å²) in [6.45, 7) is 5.35. The number of carbonyl (C=O) groups excluding carboxylic acids is 3. The van der Waals surface area contributed by atoms with Crippen molar-refractivity contribution in [3.05, 3.63) is 60.2 Å². The molecule has 0 saturated heterocycles. The number of carbonyl (C=O) groups is 3. The summed E-state index contributed by atoms with van der Waals surface area (Å²) in [5.41, 5.74) is 0.567. The van der Waals surface area contributed by atoms with Crippen LogP contribution >= 0.6 is 0 Å². The maximum Gasteiger partial charge on any atom is 0.305 e. The second kappa shape index (κ2) is 45.1. The number of nitrogens with zero attached hydrogens (tertiary/aromatic N) is 1. The lowest BCUT2D eigenvalue weighted by Crippen LogP contribution is -2.37. The highest BCUT2D eigenvalue weighted by Crippen LogP contribution is 2.15. The highest BCUT2D eigenvalue weighted by molar-refractivity contribution is 5.94. The molecule has 0 spiro atoms. The van der Waals surface area contributed by atoms with Crippen LogP contribution in [-0.2, 0) is 19.1 Å². The first-order chi connectivity index (χ1) is 30.1. The van der Waals surface area contributed by atoms with Crippen LogP contribution in [0.1, 0.15) is 255 Å². The van der Waals surface area contributed by atoms with Gasteiger partial charge in [0, 0.05) is 18.4 Å². The van der Waals surface area contributed by atoms with Crippen molar-refractivity contribution in [3.8, 4) is 0 Å². The molecule has 1 aromatic carbocycles. The van der Waals surface area contributed by atoms with Crippen LogP contribution in [0, 0.1) is 0 Å². The van der Waals surface area contributed by atoms with Crippen LogP contribution in [0.25, 0.3) is 0 Å². The molecular weight excluding hydrogens is 755 g/mol. The van der Waals surface area contributed by atoms with Gasteiger partial charge in [-0.25, -0.2) is 0 Å². The molecule has 1 rings (SSSR count). The van der Waals surface area contributed by atoms with Crippen LogP contribution in [0.5, 0.6) is 0 Å². The maximum atomic E-state index is 13.3. The third kappa shape index (κ3) is 38.5. The van der Waals surface area contributed by atoms with Gasteiger partial charge >= 0.3 is 11.9 Å². The smallest absolute Gasteiger partial charge is 0.305 e. The van der Waals surface area contributed by atoms with Crippen molar-refractivity contribution in [2.45, 2.75) is 245 Å². The number of amides is 1. The Bertz CT molecular complexity index is 1110. The van der Waals surface area contributed by atoms with Crippen LogP contribution < -0.4 is 0 Å². The van der Waals surface area contributed by atoms with Crippen LogP contribution in [-0.4, -0.2) is 49.0 Å². The number of unbranched alkanes of at least 4 members (excludes halogenated alkanes) is 30. The number of hydrogen-bond donors (Lipinski definition) is 0. The van der Waals surface area contributed by atoms with E-state index in [4.69, 9.17) is 9.47 Å². The van der Waals surface area contributed by atoms with Crippen molar-refractivity contribution in [1.82, 2.24) is 4.90 Å². The Labute approximate surface area is 376 Å². The molecule has 6 heteroatoms. The molecule has 61 heavy (non-hydrogen) atoms. The molecule has 0 radical (unpaired) electrons. The minimum atomic E-state index is -0.211. The minimum absolute atomic E-state index is 0.136. The zero-order chi connectivity index (χ0) is 43.9. The first kappa shape index (κ1) is 56.1. The molecule has 0 heterocycles. The summed E-state index contributed by atoms with van der Waals surface area (Å²) in [6, 6.07) is 9.10. The van der Waals surface area contributed by atoms with Crippen molar-refractivity contribution in [2.24, 2.45) is 0 Å². The lowest BCUT2D eigenvalue weighted by Gasteiger charge is -2.22. The summed E-state index contributed by atoms with van der Waals surface area (Å²) in [6.07, 6.45) is 53.4. The van der Waals surface area contributed by atoms with Gasteiger partial charge in [0.2, 0.25) is 0 Å². The van der Waals surface area contributed by atoms with Gasteiger partial charge in [-0.15, -0.1) is 0 Å². The highest BCUT2D eigenvalue weighted by Gasteiger charge is 2.17. The maximum absolute atomic E-state index is 13.3. The Morgan fingerprint density at radius 1 is 0.410 bits per heavy atom. The van der Waals surface area contributed by atoms with E-state index in [-0.39, 0.29) is 44.1 Å². The molecule has 0 aliphatic rings. The van der Waals surface area contributed by atoms with Crippen molar-refractivity contribution >= 4 is 17.8 Å². The number of benzene rings is 1. The highest BCUT2D eigenvalue weighted by atomic mass is 16.5. The summed E-state index contributed by atoms with van der Waals surface area (Å²) in [5.74, 6) is -0.576. The molecular formula is C55H95NO5.